The van der Waals surface area contributed by atoms with Gasteiger partial charge in [-0.3, -0.25) is 14.5 Å². The Morgan fingerprint density at radius 2 is 1.07 bits per heavy atom. The Morgan fingerprint density at radius 3 is 1.44 bits per heavy atom. The first-order chi connectivity index (χ1) is 13.2. The van der Waals surface area contributed by atoms with E-state index in [9.17, 15) is 9.59 Å². The lowest BCUT2D eigenvalue weighted by molar-refractivity contribution is -0.139. The molecule has 3 nitrogen and oxygen atoms in total. The largest absolute Gasteiger partial charge is 0.282 e. The number of imide groups is 1. The summed E-state index contributed by atoms with van der Waals surface area (Å²) in [4.78, 5) is 25.4. The highest BCUT2D eigenvalue weighted by molar-refractivity contribution is 6.03. The summed E-state index contributed by atoms with van der Waals surface area (Å²) in [6, 6.07) is 0. The number of hydrogen-bond acceptors (Lipinski definition) is 2. The van der Waals surface area contributed by atoms with E-state index >= 15 is 0 Å². The van der Waals surface area contributed by atoms with E-state index in [0.717, 1.165) is 19.3 Å². The quantitative estimate of drug-likeness (QED) is 0.189. The molecule has 27 heavy (non-hydrogen) atoms. The molecule has 0 saturated carbocycles. The maximum Gasteiger partial charge on any atom is 0.232 e. The summed E-state index contributed by atoms with van der Waals surface area (Å²) >= 11 is 0. The molecule has 0 bridgehead atoms. The molecule has 0 aromatic carbocycles. The molecule has 0 aromatic heterocycles. The van der Waals surface area contributed by atoms with Gasteiger partial charge in [0.15, 0.2) is 0 Å². The van der Waals surface area contributed by atoms with Crippen molar-refractivity contribution in [1.29, 1.82) is 0 Å². The topological polar surface area (TPSA) is 37.4 Å². The second-order valence-corrected chi connectivity index (χ2v) is 8.50. The van der Waals surface area contributed by atoms with Gasteiger partial charge in [0.2, 0.25) is 11.8 Å². The van der Waals surface area contributed by atoms with Gasteiger partial charge in [-0.2, -0.15) is 0 Å². The Bertz CT molecular complexity index is 394. The minimum atomic E-state index is -0.0430. The van der Waals surface area contributed by atoms with E-state index in [4.69, 9.17) is 0 Å². The highest BCUT2D eigenvalue weighted by Crippen LogP contribution is 2.23. The molecule has 158 valence electrons. The fraction of sp³-hybridized carbons (Fsp3) is 0.917. The van der Waals surface area contributed by atoms with Crippen LogP contribution in [0.15, 0.2) is 0 Å². The van der Waals surface area contributed by atoms with Crippen molar-refractivity contribution in [2.24, 2.45) is 5.92 Å². The second-order valence-electron chi connectivity index (χ2n) is 8.50. The summed E-state index contributed by atoms with van der Waals surface area (Å²) < 4.78 is 0. The summed E-state index contributed by atoms with van der Waals surface area (Å²) in [6.07, 6.45) is 22.8. The normalized spacial score (nSPS) is 17.3. The number of carbonyl (C=O) groups is 2. The van der Waals surface area contributed by atoms with Crippen molar-refractivity contribution in [2.75, 3.05) is 6.54 Å². The van der Waals surface area contributed by atoms with Gasteiger partial charge >= 0.3 is 0 Å². The Hall–Kier alpha value is -0.860. The first-order valence-electron chi connectivity index (χ1n) is 12.0. The highest BCUT2D eigenvalue weighted by atomic mass is 16.2. The third kappa shape index (κ3) is 10.9. The molecule has 0 radical (unpaired) electrons. The Kier molecular flexibility index (Phi) is 14.4. The standard InChI is InChI=1S/C24H45NO2/c1-3-5-6-7-8-9-10-11-12-13-14-15-16-17-18-19-20-25-23(26)21-22(4-2)24(25)27/h22H,3-21H2,1-2H3. The number of likely N-dealkylation sites (tertiary alicyclic amines) is 1. The van der Waals surface area contributed by atoms with Crippen LogP contribution in [0, 0.1) is 5.92 Å². The van der Waals surface area contributed by atoms with Crippen molar-refractivity contribution < 1.29 is 9.59 Å². The van der Waals surface area contributed by atoms with E-state index in [1.165, 1.54) is 94.8 Å². The van der Waals surface area contributed by atoms with Gasteiger partial charge in [0.25, 0.3) is 0 Å². The van der Waals surface area contributed by atoms with Crippen molar-refractivity contribution in [3.8, 4) is 0 Å². The maximum absolute atomic E-state index is 12.0. The SMILES string of the molecule is CCCCCCCCCCCCCCCCCCN1C(=O)CC(CC)C1=O. The lowest BCUT2D eigenvalue weighted by Crippen LogP contribution is -2.31. The van der Waals surface area contributed by atoms with Crippen LogP contribution in [0.25, 0.3) is 0 Å². The predicted octanol–water partition coefficient (Wildman–Crippen LogP) is 7.03. The number of hydrogen-bond donors (Lipinski definition) is 0. The summed E-state index contributed by atoms with van der Waals surface area (Å²) in [6.45, 7) is 4.92. The third-order valence-electron chi connectivity index (χ3n) is 6.07. The number of carbonyl (C=O) groups excluding carboxylic acids is 2. The fourth-order valence-electron chi connectivity index (χ4n) is 4.12. The van der Waals surface area contributed by atoms with Crippen LogP contribution < -0.4 is 0 Å². The molecule has 1 unspecified atom stereocenters. The van der Waals surface area contributed by atoms with Gasteiger partial charge in [0.1, 0.15) is 0 Å². The summed E-state index contributed by atoms with van der Waals surface area (Å²) in [7, 11) is 0. The van der Waals surface area contributed by atoms with Crippen LogP contribution in [0.1, 0.15) is 129 Å². The summed E-state index contributed by atoms with van der Waals surface area (Å²) in [5.41, 5.74) is 0. The molecule has 1 aliphatic rings. The second kappa shape index (κ2) is 16.1. The van der Waals surface area contributed by atoms with Crippen molar-refractivity contribution >= 4 is 11.8 Å². The van der Waals surface area contributed by atoms with E-state index in [1.807, 2.05) is 6.92 Å². The van der Waals surface area contributed by atoms with Gasteiger partial charge in [-0.25, -0.2) is 0 Å². The maximum atomic E-state index is 12.0. The van der Waals surface area contributed by atoms with Gasteiger partial charge in [0, 0.05) is 18.9 Å². The van der Waals surface area contributed by atoms with Gasteiger partial charge in [-0.05, 0) is 12.8 Å². The number of nitrogens with zero attached hydrogens (tertiary/aromatic N) is 1. The molecule has 0 aliphatic carbocycles. The fourth-order valence-corrected chi connectivity index (χ4v) is 4.12. The first-order valence-corrected chi connectivity index (χ1v) is 12.0. The van der Waals surface area contributed by atoms with Gasteiger partial charge in [-0.1, -0.05) is 110 Å². The van der Waals surface area contributed by atoms with Crippen molar-refractivity contribution in [3.63, 3.8) is 0 Å². The molecular weight excluding hydrogens is 334 g/mol. The molecular formula is C24H45NO2. The number of unbranched alkanes of at least 4 members (excludes halogenated alkanes) is 15. The molecule has 3 heteroatoms. The smallest absolute Gasteiger partial charge is 0.232 e. The van der Waals surface area contributed by atoms with Crippen LogP contribution in [0.3, 0.4) is 0 Å². The van der Waals surface area contributed by atoms with Crippen LogP contribution in [0.5, 0.6) is 0 Å². The van der Waals surface area contributed by atoms with E-state index in [1.54, 1.807) is 0 Å². The molecule has 1 atom stereocenters. The van der Waals surface area contributed by atoms with Gasteiger partial charge in [-0.15, -0.1) is 0 Å². The molecule has 1 aliphatic heterocycles. The summed E-state index contributed by atoms with van der Waals surface area (Å²) in [5, 5.41) is 0. The van der Waals surface area contributed by atoms with Crippen molar-refractivity contribution in [2.45, 2.75) is 129 Å². The average Bonchev–Trinajstić information content (AvgIpc) is 2.95. The molecule has 0 spiro atoms. The first kappa shape index (κ1) is 24.2. The van der Waals surface area contributed by atoms with Gasteiger partial charge in [0.05, 0.1) is 0 Å². The molecule has 0 aromatic rings. The Morgan fingerprint density at radius 1 is 0.667 bits per heavy atom. The van der Waals surface area contributed by atoms with E-state index in [-0.39, 0.29) is 17.7 Å². The molecule has 1 rings (SSSR count). The number of rotatable bonds is 18. The van der Waals surface area contributed by atoms with Gasteiger partial charge < -0.3 is 0 Å². The summed E-state index contributed by atoms with van der Waals surface area (Å²) in [5.74, 6) is 0.0785. The van der Waals surface area contributed by atoms with Crippen LogP contribution in [-0.2, 0) is 9.59 Å². The van der Waals surface area contributed by atoms with Crippen LogP contribution in [0.2, 0.25) is 0 Å². The molecule has 1 saturated heterocycles. The Labute approximate surface area is 168 Å². The lowest BCUT2D eigenvalue weighted by atomic mass is 10.0. The lowest BCUT2D eigenvalue weighted by Gasteiger charge is -2.14. The molecule has 1 heterocycles. The van der Waals surface area contributed by atoms with E-state index in [0.29, 0.717) is 13.0 Å². The van der Waals surface area contributed by atoms with E-state index < -0.39 is 0 Å². The highest BCUT2D eigenvalue weighted by Gasteiger charge is 2.36. The zero-order chi connectivity index (χ0) is 19.7. The van der Waals surface area contributed by atoms with Crippen LogP contribution in [-0.4, -0.2) is 23.3 Å². The minimum Gasteiger partial charge on any atom is -0.282 e. The molecule has 1 fully saturated rings. The zero-order valence-corrected chi connectivity index (χ0v) is 18.3. The van der Waals surface area contributed by atoms with Crippen LogP contribution in [0.4, 0.5) is 0 Å². The zero-order valence-electron chi connectivity index (χ0n) is 18.3. The third-order valence-corrected chi connectivity index (χ3v) is 6.07. The molecule has 0 N–H and O–H groups in total. The minimum absolute atomic E-state index is 0.0430. The average molecular weight is 380 g/mol. The monoisotopic (exact) mass is 379 g/mol. The Balaban J connectivity index is 1.81. The van der Waals surface area contributed by atoms with Crippen molar-refractivity contribution in [3.05, 3.63) is 0 Å². The molecule has 2 amide bonds. The van der Waals surface area contributed by atoms with Crippen molar-refractivity contribution in [1.82, 2.24) is 4.90 Å². The van der Waals surface area contributed by atoms with Crippen LogP contribution >= 0.6 is 0 Å². The van der Waals surface area contributed by atoms with E-state index in [2.05, 4.69) is 6.92 Å². The number of amides is 2. The predicted molar refractivity (Wildman–Crippen MR) is 115 cm³/mol.